The summed E-state index contributed by atoms with van der Waals surface area (Å²) in [6.07, 6.45) is 1.96. The van der Waals surface area contributed by atoms with Gasteiger partial charge in [0.05, 0.1) is 32.0 Å². The zero-order valence-electron chi connectivity index (χ0n) is 17.7. The van der Waals surface area contributed by atoms with Crippen LogP contribution in [0.3, 0.4) is 0 Å². The average Bonchev–Trinajstić information content (AvgIpc) is 3.25. The molecule has 0 saturated carbocycles. The number of carbonyl (C=O) groups excluding carboxylic acids is 1. The van der Waals surface area contributed by atoms with E-state index in [-0.39, 0.29) is 5.91 Å². The van der Waals surface area contributed by atoms with Crippen LogP contribution in [0.15, 0.2) is 66.0 Å². The van der Waals surface area contributed by atoms with Crippen LogP contribution in [-0.2, 0) is 22.6 Å². The Hall–Kier alpha value is -2.80. The molecule has 0 spiro atoms. The third-order valence-corrected chi connectivity index (χ3v) is 6.12. The summed E-state index contributed by atoms with van der Waals surface area (Å²) in [5, 5.41) is 3.14. The lowest BCUT2D eigenvalue weighted by molar-refractivity contribution is -0.124. The molecule has 5 nitrogen and oxygen atoms in total. The maximum atomic E-state index is 13.4. The Balaban J connectivity index is 1.48. The number of benzene rings is 2. The minimum absolute atomic E-state index is 0.0159. The number of hydrogen-bond acceptors (Lipinski definition) is 5. The monoisotopic (exact) mass is 433 g/mol. The van der Waals surface area contributed by atoms with Crippen molar-refractivity contribution in [1.29, 1.82) is 0 Å². The van der Waals surface area contributed by atoms with Crippen LogP contribution in [-0.4, -0.2) is 54.0 Å². The largest absolute Gasteiger partial charge is 0.379 e. The number of hydrogen-bond donors (Lipinski definition) is 0. The highest BCUT2D eigenvalue weighted by Crippen LogP contribution is 2.22. The molecule has 1 amide bonds. The van der Waals surface area contributed by atoms with Crippen molar-refractivity contribution >= 4 is 28.9 Å². The first-order valence-electron chi connectivity index (χ1n) is 10.5. The standard InChI is InChI=1S/C25H27N3O2S/c1-27(17-22-19-31-24(26-22)18-28-12-14-30-15-13-28)25(29)23(21-10-6-3-7-11-21)16-20-8-4-2-5-9-20/h2-11,16,19H,12-15,17-18H2,1H3/b23-16-. The van der Waals surface area contributed by atoms with Crippen LogP contribution >= 0.6 is 11.3 Å². The van der Waals surface area contributed by atoms with E-state index in [9.17, 15) is 4.79 Å². The van der Waals surface area contributed by atoms with Crippen molar-refractivity contribution in [1.82, 2.24) is 14.8 Å². The number of amides is 1. The molecule has 1 fully saturated rings. The van der Waals surface area contributed by atoms with Gasteiger partial charge in [-0.2, -0.15) is 0 Å². The molecule has 4 rings (SSSR count). The summed E-state index contributed by atoms with van der Waals surface area (Å²) in [7, 11) is 1.84. The Bertz CT molecular complexity index is 1010. The molecule has 0 radical (unpaired) electrons. The summed E-state index contributed by atoms with van der Waals surface area (Å²) in [5.74, 6) is -0.0159. The zero-order chi connectivity index (χ0) is 21.5. The van der Waals surface area contributed by atoms with Crippen LogP contribution in [0, 0.1) is 0 Å². The number of ether oxygens (including phenoxy) is 1. The number of aromatic nitrogens is 1. The van der Waals surface area contributed by atoms with Crippen molar-refractivity contribution in [3.05, 3.63) is 87.9 Å². The first-order valence-corrected chi connectivity index (χ1v) is 11.4. The van der Waals surface area contributed by atoms with Crippen LogP contribution in [0.2, 0.25) is 0 Å². The quantitative estimate of drug-likeness (QED) is 0.414. The molecule has 0 unspecified atom stereocenters. The lowest BCUT2D eigenvalue weighted by Crippen LogP contribution is -2.35. The number of carbonyl (C=O) groups is 1. The van der Waals surface area contributed by atoms with E-state index in [4.69, 9.17) is 9.72 Å². The van der Waals surface area contributed by atoms with Crippen molar-refractivity contribution in [3.63, 3.8) is 0 Å². The van der Waals surface area contributed by atoms with Gasteiger partial charge >= 0.3 is 0 Å². The van der Waals surface area contributed by atoms with Gasteiger partial charge in [-0.1, -0.05) is 60.7 Å². The van der Waals surface area contributed by atoms with Crippen molar-refractivity contribution in [2.75, 3.05) is 33.4 Å². The highest BCUT2D eigenvalue weighted by Gasteiger charge is 2.19. The van der Waals surface area contributed by atoms with Crippen molar-refractivity contribution < 1.29 is 9.53 Å². The molecule has 0 bridgehead atoms. The summed E-state index contributed by atoms with van der Waals surface area (Å²) >= 11 is 1.66. The summed E-state index contributed by atoms with van der Waals surface area (Å²) in [5.41, 5.74) is 3.52. The molecule has 1 saturated heterocycles. The normalized spacial score (nSPS) is 15.1. The van der Waals surface area contributed by atoms with E-state index in [0.29, 0.717) is 12.1 Å². The second kappa shape index (κ2) is 10.5. The highest BCUT2D eigenvalue weighted by atomic mass is 32.1. The number of nitrogens with zero attached hydrogens (tertiary/aromatic N) is 3. The van der Waals surface area contributed by atoms with Gasteiger partial charge in [-0.15, -0.1) is 11.3 Å². The zero-order valence-corrected chi connectivity index (χ0v) is 18.6. The van der Waals surface area contributed by atoms with E-state index in [1.807, 2.05) is 73.8 Å². The minimum Gasteiger partial charge on any atom is -0.379 e. The highest BCUT2D eigenvalue weighted by molar-refractivity contribution is 7.09. The molecule has 1 aromatic heterocycles. The minimum atomic E-state index is -0.0159. The van der Waals surface area contributed by atoms with Crippen molar-refractivity contribution in [2.45, 2.75) is 13.1 Å². The lowest BCUT2D eigenvalue weighted by atomic mass is 10.0. The molecule has 31 heavy (non-hydrogen) atoms. The van der Waals surface area contributed by atoms with Crippen LogP contribution in [0.1, 0.15) is 21.8 Å². The van der Waals surface area contributed by atoms with Crippen LogP contribution in [0.5, 0.6) is 0 Å². The van der Waals surface area contributed by atoms with Gasteiger partial charge in [-0.3, -0.25) is 9.69 Å². The molecule has 1 aliphatic rings. The van der Waals surface area contributed by atoms with E-state index in [0.717, 1.165) is 54.7 Å². The van der Waals surface area contributed by atoms with Crippen LogP contribution in [0.25, 0.3) is 11.6 Å². The Morgan fingerprint density at radius 2 is 1.77 bits per heavy atom. The molecule has 0 aliphatic carbocycles. The van der Waals surface area contributed by atoms with Crippen LogP contribution < -0.4 is 0 Å². The van der Waals surface area contributed by atoms with Gasteiger partial charge in [0.1, 0.15) is 5.01 Å². The van der Waals surface area contributed by atoms with Gasteiger partial charge in [-0.25, -0.2) is 4.98 Å². The molecule has 2 heterocycles. The molecule has 6 heteroatoms. The SMILES string of the molecule is CN(Cc1csc(CN2CCOCC2)n1)C(=O)/C(=C\c1ccccc1)c1ccccc1. The molecule has 0 atom stereocenters. The van der Waals surface area contributed by atoms with Gasteiger partial charge < -0.3 is 9.64 Å². The first kappa shape index (κ1) is 21.4. The fourth-order valence-electron chi connectivity index (χ4n) is 3.57. The Morgan fingerprint density at radius 1 is 1.10 bits per heavy atom. The predicted octanol–water partition coefficient (Wildman–Crippen LogP) is 4.17. The van der Waals surface area contributed by atoms with E-state index < -0.39 is 0 Å². The first-order chi connectivity index (χ1) is 15.2. The van der Waals surface area contributed by atoms with Crippen molar-refractivity contribution in [3.8, 4) is 0 Å². The second-order valence-electron chi connectivity index (χ2n) is 7.62. The van der Waals surface area contributed by atoms with Gasteiger partial charge in [0.25, 0.3) is 5.91 Å². The second-order valence-corrected chi connectivity index (χ2v) is 8.56. The van der Waals surface area contributed by atoms with Crippen molar-refractivity contribution in [2.24, 2.45) is 0 Å². The lowest BCUT2D eigenvalue weighted by Gasteiger charge is -2.25. The van der Waals surface area contributed by atoms with E-state index >= 15 is 0 Å². The topological polar surface area (TPSA) is 45.7 Å². The summed E-state index contributed by atoms with van der Waals surface area (Å²) in [4.78, 5) is 22.3. The maximum Gasteiger partial charge on any atom is 0.254 e. The molecule has 3 aromatic rings. The van der Waals surface area contributed by atoms with Gasteiger partial charge in [0.15, 0.2) is 0 Å². The number of rotatable bonds is 7. The van der Waals surface area contributed by atoms with E-state index in [2.05, 4.69) is 10.3 Å². The summed E-state index contributed by atoms with van der Waals surface area (Å²) < 4.78 is 5.41. The third-order valence-electron chi connectivity index (χ3n) is 5.23. The van der Waals surface area contributed by atoms with Gasteiger partial charge in [0.2, 0.25) is 0 Å². The smallest absolute Gasteiger partial charge is 0.254 e. The molecule has 0 N–H and O–H groups in total. The van der Waals surface area contributed by atoms with Crippen LogP contribution in [0.4, 0.5) is 0 Å². The molecule has 2 aromatic carbocycles. The van der Waals surface area contributed by atoms with Gasteiger partial charge in [-0.05, 0) is 17.2 Å². The Labute approximate surface area is 187 Å². The predicted molar refractivity (Wildman–Crippen MR) is 125 cm³/mol. The number of likely N-dealkylation sites (N-methyl/N-ethyl adjacent to an activating group) is 1. The van der Waals surface area contributed by atoms with E-state index in [1.54, 1.807) is 16.2 Å². The summed E-state index contributed by atoms with van der Waals surface area (Å²) in [6, 6.07) is 19.8. The Morgan fingerprint density at radius 3 is 2.48 bits per heavy atom. The number of morpholine rings is 1. The fourth-order valence-corrected chi connectivity index (χ4v) is 4.39. The van der Waals surface area contributed by atoms with E-state index in [1.165, 1.54) is 0 Å². The summed E-state index contributed by atoms with van der Waals surface area (Å²) in [6.45, 7) is 4.78. The number of thiazole rings is 1. The molecule has 160 valence electrons. The fraction of sp³-hybridized carbons (Fsp3) is 0.280. The molecular weight excluding hydrogens is 406 g/mol. The third kappa shape index (κ3) is 5.88. The Kier molecular flexibility index (Phi) is 7.25. The molecule has 1 aliphatic heterocycles. The maximum absolute atomic E-state index is 13.4. The van der Waals surface area contributed by atoms with Gasteiger partial charge in [0, 0.05) is 31.1 Å². The molecular formula is C25H27N3O2S. The average molecular weight is 434 g/mol.